The third-order valence-electron chi connectivity index (χ3n) is 2.63. The second-order valence-corrected chi connectivity index (χ2v) is 4.17. The number of hydrogen-bond donors (Lipinski definition) is 1. The Kier molecular flexibility index (Phi) is 3.76. The molecular weight excluding hydrogens is 225 g/mol. The molecule has 2 aromatic carbocycles. The fourth-order valence-corrected chi connectivity index (χ4v) is 1.55. The molecule has 2 N–H and O–H groups in total. The van der Waals surface area contributed by atoms with Gasteiger partial charge in [0.05, 0.1) is 0 Å². The van der Waals surface area contributed by atoms with Crippen LogP contribution < -0.4 is 5.73 Å². The van der Waals surface area contributed by atoms with Crippen molar-refractivity contribution in [2.24, 2.45) is 5.73 Å². The molecule has 0 spiro atoms. The molecule has 0 fully saturated rings. The standard InChI is InChI=1S/C16H14FN/c1-12(18)15-8-4-13(5-9-15)2-3-14-6-10-16(17)11-7-14/h4-12H,18H2,1H3. The van der Waals surface area contributed by atoms with Crippen LogP contribution in [0.5, 0.6) is 0 Å². The van der Waals surface area contributed by atoms with E-state index in [1.54, 1.807) is 12.1 Å². The van der Waals surface area contributed by atoms with Crippen LogP contribution in [-0.4, -0.2) is 0 Å². The molecule has 2 heteroatoms. The number of hydrogen-bond acceptors (Lipinski definition) is 1. The molecule has 18 heavy (non-hydrogen) atoms. The molecule has 0 saturated heterocycles. The van der Waals surface area contributed by atoms with Crippen LogP contribution in [-0.2, 0) is 0 Å². The molecule has 0 bridgehead atoms. The summed E-state index contributed by atoms with van der Waals surface area (Å²) in [5, 5.41) is 0. The van der Waals surface area contributed by atoms with E-state index in [1.807, 2.05) is 31.2 Å². The Morgan fingerprint density at radius 3 is 1.78 bits per heavy atom. The first-order valence-electron chi connectivity index (χ1n) is 5.78. The molecule has 0 amide bonds. The van der Waals surface area contributed by atoms with Crippen LogP contribution in [0.15, 0.2) is 48.5 Å². The highest BCUT2D eigenvalue weighted by Gasteiger charge is 1.97. The van der Waals surface area contributed by atoms with Crippen molar-refractivity contribution in [2.45, 2.75) is 13.0 Å². The summed E-state index contributed by atoms with van der Waals surface area (Å²) >= 11 is 0. The van der Waals surface area contributed by atoms with Gasteiger partial charge in [-0.3, -0.25) is 0 Å². The predicted molar refractivity (Wildman–Crippen MR) is 71.4 cm³/mol. The van der Waals surface area contributed by atoms with Gasteiger partial charge in [-0.1, -0.05) is 24.0 Å². The minimum atomic E-state index is -0.248. The van der Waals surface area contributed by atoms with Crippen molar-refractivity contribution < 1.29 is 4.39 Å². The SMILES string of the molecule is CC(N)c1ccc(C#Cc2ccc(F)cc2)cc1. The van der Waals surface area contributed by atoms with Gasteiger partial charge in [0.1, 0.15) is 5.82 Å². The maximum Gasteiger partial charge on any atom is 0.123 e. The molecule has 1 nitrogen and oxygen atoms in total. The summed E-state index contributed by atoms with van der Waals surface area (Å²) in [6.45, 7) is 1.94. The molecule has 0 heterocycles. The van der Waals surface area contributed by atoms with E-state index in [2.05, 4.69) is 11.8 Å². The van der Waals surface area contributed by atoms with Crippen molar-refractivity contribution in [3.05, 3.63) is 71.0 Å². The van der Waals surface area contributed by atoms with Crippen molar-refractivity contribution in [1.82, 2.24) is 0 Å². The Morgan fingerprint density at radius 1 is 0.889 bits per heavy atom. The average molecular weight is 239 g/mol. The van der Waals surface area contributed by atoms with Gasteiger partial charge in [0.25, 0.3) is 0 Å². The number of nitrogens with two attached hydrogens (primary N) is 1. The fourth-order valence-electron chi connectivity index (χ4n) is 1.55. The Labute approximate surface area is 106 Å². The quantitative estimate of drug-likeness (QED) is 0.759. The van der Waals surface area contributed by atoms with Crippen molar-refractivity contribution in [2.75, 3.05) is 0 Å². The van der Waals surface area contributed by atoms with Gasteiger partial charge >= 0.3 is 0 Å². The Morgan fingerprint density at radius 2 is 1.33 bits per heavy atom. The molecular formula is C16H14FN. The molecule has 0 aliphatic heterocycles. The first kappa shape index (κ1) is 12.3. The van der Waals surface area contributed by atoms with Gasteiger partial charge in [0, 0.05) is 17.2 Å². The van der Waals surface area contributed by atoms with Gasteiger partial charge in [-0.25, -0.2) is 4.39 Å². The van der Waals surface area contributed by atoms with Crippen LogP contribution in [0.2, 0.25) is 0 Å². The van der Waals surface area contributed by atoms with Crippen molar-refractivity contribution in [1.29, 1.82) is 0 Å². The van der Waals surface area contributed by atoms with Gasteiger partial charge in [0.2, 0.25) is 0 Å². The summed E-state index contributed by atoms with van der Waals surface area (Å²) in [6.07, 6.45) is 0. The molecule has 0 aliphatic rings. The van der Waals surface area contributed by atoms with E-state index in [1.165, 1.54) is 12.1 Å². The first-order chi connectivity index (χ1) is 8.65. The second kappa shape index (κ2) is 5.48. The average Bonchev–Trinajstić information content (AvgIpc) is 2.38. The lowest BCUT2D eigenvalue weighted by atomic mass is 10.1. The third kappa shape index (κ3) is 3.19. The topological polar surface area (TPSA) is 26.0 Å². The highest BCUT2D eigenvalue weighted by Crippen LogP contribution is 2.10. The van der Waals surface area contributed by atoms with Crippen LogP contribution in [0.25, 0.3) is 0 Å². The van der Waals surface area contributed by atoms with Gasteiger partial charge in [-0.15, -0.1) is 0 Å². The lowest BCUT2D eigenvalue weighted by Gasteiger charge is -2.03. The molecule has 0 aromatic heterocycles. The molecule has 2 aromatic rings. The highest BCUT2D eigenvalue weighted by atomic mass is 19.1. The molecule has 0 saturated carbocycles. The maximum atomic E-state index is 12.7. The monoisotopic (exact) mass is 239 g/mol. The Hall–Kier alpha value is -2.11. The van der Waals surface area contributed by atoms with Crippen LogP contribution in [0.1, 0.15) is 29.7 Å². The number of rotatable bonds is 1. The minimum absolute atomic E-state index is 0.0316. The van der Waals surface area contributed by atoms with Crippen LogP contribution >= 0.6 is 0 Å². The zero-order valence-corrected chi connectivity index (χ0v) is 10.2. The normalized spacial score (nSPS) is 11.5. The van der Waals surface area contributed by atoms with E-state index < -0.39 is 0 Å². The van der Waals surface area contributed by atoms with Crippen LogP contribution in [0.4, 0.5) is 4.39 Å². The third-order valence-corrected chi connectivity index (χ3v) is 2.63. The van der Waals surface area contributed by atoms with E-state index in [4.69, 9.17) is 5.73 Å². The van der Waals surface area contributed by atoms with Gasteiger partial charge in [0.15, 0.2) is 0 Å². The van der Waals surface area contributed by atoms with Gasteiger partial charge < -0.3 is 5.73 Å². The first-order valence-corrected chi connectivity index (χ1v) is 5.78. The summed E-state index contributed by atoms with van der Waals surface area (Å²) < 4.78 is 12.7. The number of halogens is 1. The zero-order valence-electron chi connectivity index (χ0n) is 10.2. The molecule has 0 aliphatic carbocycles. The Bertz CT molecular complexity index is 571. The number of benzene rings is 2. The summed E-state index contributed by atoms with van der Waals surface area (Å²) in [5.74, 6) is 5.77. The van der Waals surface area contributed by atoms with E-state index in [0.717, 1.165) is 16.7 Å². The molecule has 90 valence electrons. The second-order valence-electron chi connectivity index (χ2n) is 4.17. The van der Waals surface area contributed by atoms with Crippen LogP contribution in [0, 0.1) is 17.7 Å². The highest BCUT2D eigenvalue weighted by molar-refractivity contribution is 5.43. The van der Waals surface area contributed by atoms with Crippen molar-refractivity contribution >= 4 is 0 Å². The minimum Gasteiger partial charge on any atom is -0.324 e. The van der Waals surface area contributed by atoms with Crippen LogP contribution in [0.3, 0.4) is 0 Å². The van der Waals surface area contributed by atoms with E-state index in [-0.39, 0.29) is 11.9 Å². The van der Waals surface area contributed by atoms with E-state index >= 15 is 0 Å². The van der Waals surface area contributed by atoms with E-state index in [0.29, 0.717) is 0 Å². The Balaban J connectivity index is 2.17. The van der Waals surface area contributed by atoms with E-state index in [9.17, 15) is 4.39 Å². The summed E-state index contributed by atoms with van der Waals surface area (Å²) in [6, 6.07) is 14.0. The maximum absolute atomic E-state index is 12.7. The molecule has 1 unspecified atom stereocenters. The predicted octanol–water partition coefficient (Wildman–Crippen LogP) is 3.25. The molecule has 2 rings (SSSR count). The smallest absolute Gasteiger partial charge is 0.123 e. The largest absolute Gasteiger partial charge is 0.324 e. The summed E-state index contributed by atoms with van der Waals surface area (Å²) in [7, 11) is 0. The fraction of sp³-hybridized carbons (Fsp3) is 0.125. The summed E-state index contributed by atoms with van der Waals surface area (Å²) in [5.41, 5.74) is 8.58. The van der Waals surface area contributed by atoms with Crippen molar-refractivity contribution in [3.8, 4) is 11.8 Å². The van der Waals surface area contributed by atoms with Gasteiger partial charge in [-0.05, 0) is 48.9 Å². The summed E-state index contributed by atoms with van der Waals surface area (Å²) in [4.78, 5) is 0. The zero-order chi connectivity index (χ0) is 13.0. The van der Waals surface area contributed by atoms with Gasteiger partial charge in [-0.2, -0.15) is 0 Å². The lowest BCUT2D eigenvalue weighted by Crippen LogP contribution is -2.04. The molecule has 0 radical (unpaired) electrons. The van der Waals surface area contributed by atoms with Crippen molar-refractivity contribution in [3.63, 3.8) is 0 Å². The molecule has 1 atom stereocenters. The lowest BCUT2D eigenvalue weighted by molar-refractivity contribution is 0.627.